The minimum atomic E-state index is -0.546. The highest BCUT2D eigenvalue weighted by atomic mass is 35.5. The average molecular weight is 255 g/mol. The predicted molar refractivity (Wildman–Crippen MR) is 64.2 cm³/mol. The second-order valence-electron chi connectivity index (χ2n) is 3.80. The number of pyridine rings is 1. The Kier molecular flexibility index (Phi) is 2.97. The Morgan fingerprint density at radius 1 is 1.59 bits per heavy atom. The molecule has 0 aliphatic carbocycles. The number of hydrogen-bond donors (Lipinski definition) is 0. The summed E-state index contributed by atoms with van der Waals surface area (Å²) in [7, 11) is 0. The summed E-state index contributed by atoms with van der Waals surface area (Å²) in [4.78, 5) is 14.2. The Morgan fingerprint density at radius 2 is 2.29 bits per heavy atom. The minimum absolute atomic E-state index is 0.0922. The molecule has 7 heteroatoms. The van der Waals surface area contributed by atoms with Crippen LogP contribution in [0.5, 0.6) is 0 Å². The van der Waals surface area contributed by atoms with Crippen LogP contribution in [0, 0.1) is 10.1 Å². The molecular formula is C10H11ClN4O2. The molecule has 2 aromatic heterocycles. The third-order valence-corrected chi connectivity index (χ3v) is 3.14. The molecule has 0 spiro atoms. The van der Waals surface area contributed by atoms with E-state index in [4.69, 9.17) is 11.6 Å². The molecule has 0 saturated carbocycles. The summed E-state index contributed by atoms with van der Waals surface area (Å²) in [5.74, 6) is 0. The van der Waals surface area contributed by atoms with Crippen LogP contribution in [-0.4, -0.2) is 19.7 Å². The van der Waals surface area contributed by atoms with Gasteiger partial charge in [0.05, 0.1) is 22.5 Å². The Balaban J connectivity index is 2.66. The van der Waals surface area contributed by atoms with Gasteiger partial charge in [0, 0.05) is 0 Å². The highest BCUT2D eigenvalue weighted by Crippen LogP contribution is 2.31. The summed E-state index contributed by atoms with van der Waals surface area (Å²) in [5.41, 5.74) is 0.387. The number of aromatic nitrogens is 3. The highest BCUT2D eigenvalue weighted by molar-refractivity contribution is 6.37. The van der Waals surface area contributed by atoms with Crippen LogP contribution in [-0.2, 0) is 0 Å². The van der Waals surface area contributed by atoms with Crippen LogP contribution >= 0.6 is 11.6 Å². The van der Waals surface area contributed by atoms with Crippen molar-refractivity contribution in [2.24, 2.45) is 0 Å². The van der Waals surface area contributed by atoms with Gasteiger partial charge in [0.25, 0.3) is 0 Å². The zero-order valence-corrected chi connectivity index (χ0v) is 10.2. The zero-order valence-electron chi connectivity index (χ0n) is 9.42. The molecule has 0 bridgehead atoms. The lowest BCUT2D eigenvalue weighted by atomic mass is 10.2. The van der Waals surface area contributed by atoms with E-state index in [-0.39, 0.29) is 16.8 Å². The van der Waals surface area contributed by atoms with Crippen molar-refractivity contribution in [1.82, 2.24) is 14.8 Å². The van der Waals surface area contributed by atoms with E-state index in [1.165, 1.54) is 12.4 Å². The van der Waals surface area contributed by atoms with Gasteiger partial charge in [-0.2, -0.15) is 5.10 Å². The van der Waals surface area contributed by atoms with Gasteiger partial charge in [0.2, 0.25) is 0 Å². The Hall–Kier alpha value is -1.69. The summed E-state index contributed by atoms with van der Waals surface area (Å²) in [6.07, 6.45) is 3.59. The molecule has 0 saturated heterocycles. The number of hydrogen-bond acceptors (Lipinski definition) is 4. The maximum absolute atomic E-state index is 10.7. The van der Waals surface area contributed by atoms with Crippen LogP contribution in [0.4, 0.5) is 5.69 Å². The summed E-state index contributed by atoms with van der Waals surface area (Å²) in [6, 6.07) is 0.178. The van der Waals surface area contributed by atoms with Crippen LogP contribution < -0.4 is 0 Å². The van der Waals surface area contributed by atoms with Gasteiger partial charge in [0.1, 0.15) is 11.2 Å². The first-order chi connectivity index (χ1) is 8.06. The molecule has 1 atom stereocenters. The van der Waals surface area contributed by atoms with E-state index in [1.807, 2.05) is 13.8 Å². The van der Waals surface area contributed by atoms with Crippen LogP contribution in [0.15, 0.2) is 12.4 Å². The van der Waals surface area contributed by atoms with Crippen molar-refractivity contribution in [3.05, 3.63) is 27.5 Å². The van der Waals surface area contributed by atoms with E-state index in [9.17, 15) is 10.1 Å². The van der Waals surface area contributed by atoms with Gasteiger partial charge >= 0.3 is 5.69 Å². The van der Waals surface area contributed by atoms with E-state index in [1.54, 1.807) is 4.68 Å². The maximum atomic E-state index is 10.7. The van der Waals surface area contributed by atoms with Crippen molar-refractivity contribution in [2.75, 3.05) is 0 Å². The van der Waals surface area contributed by atoms with Crippen molar-refractivity contribution in [3.8, 4) is 0 Å². The summed E-state index contributed by atoms with van der Waals surface area (Å²) < 4.78 is 1.73. The molecule has 0 aliphatic rings. The molecule has 2 rings (SSSR count). The van der Waals surface area contributed by atoms with Gasteiger partial charge in [-0.3, -0.25) is 10.1 Å². The molecule has 0 N–H and O–H groups in total. The lowest BCUT2D eigenvalue weighted by Crippen LogP contribution is -2.06. The van der Waals surface area contributed by atoms with Gasteiger partial charge in [-0.25, -0.2) is 9.67 Å². The quantitative estimate of drug-likeness (QED) is 0.623. The molecule has 0 aromatic carbocycles. The van der Waals surface area contributed by atoms with E-state index in [2.05, 4.69) is 10.1 Å². The molecule has 2 aromatic rings. The Labute approximate surface area is 102 Å². The van der Waals surface area contributed by atoms with Crippen LogP contribution in [0.1, 0.15) is 26.3 Å². The number of fused-ring (bicyclic) bond motifs is 1. The highest BCUT2D eigenvalue weighted by Gasteiger charge is 2.20. The topological polar surface area (TPSA) is 73.8 Å². The van der Waals surface area contributed by atoms with Gasteiger partial charge in [-0.1, -0.05) is 18.5 Å². The fourth-order valence-electron chi connectivity index (χ4n) is 1.58. The molecule has 6 nitrogen and oxygen atoms in total. The van der Waals surface area contributed by atoms with Crippen molar-refractivity contribution >= 4 is 28.3 Å². The number of nitro groups is 1. The van der Waals surface area contributed by atoms with Crippen molar-refractivity contribution in [1.29, 1.82) is 0 Å². The number of halogens is 1. The molecule has 17 heavy (non-hydrogen) atoms. The molecular weight excluding hydrogens is 244 g/mol. The van der Waals surface area contributed by atoms with Crippen LogP contribution in [0.2, 0.25) is 5.02 Å². The van der Waals surface area contributed by atoms with Gasteiger partial charge in [0.15, 0.2) is 5.65 Å². The van der Waals surface area contributed by atoms with E-state index in [0.717, 1.165) is 6.42 Å². The molecule has 0 aliphatic heterocycles. The number of rotatable bonds is 3. The Morgan fingerprint density at radius 3 is 2.88 bits per heavy atom. The van der Waals surface area contributed by atoms with Crippen molar-refractivity contribution in [2.45, 2.75) is 26.3 Å². The van der Waals surface area contributed by atoms with E-state index in [0.29, 0.717) is 11.0 Å². The zero-order chi connectivity index (χ0) is 12.6. The third kappa shape index (κ3) is 1.84. The van der Waals surface area contributed by atoms with E-state index >= 15 is 0 Å². The normalized spacial score (nSPS) is 12.9. The van der Waals surface area contributed by atoms with Crippen LogP contribution in [0.25, 0.3) is 11.0 Å². The summed E-state index contributed by atoms with van der Waals surface area (Å²) >= 11 is 5.96. The van der Waals surface area contributed by atoms with Gasteiger partial charge in [-0.05, 0) is 13.3 Å². The fourth-order valence-corrected chi connectivity index (χ4v) is 1.83. The maximum Gasteiger partial charge on any atom is 0.306 e. The smallest absolute Gasteiger partial charge is 0.258 e. The number of nitrogens with zero attached hydrogens (tertiary/aromatic N) is 4. The minimum Gasteiger partial charge on any atom is -0.258 e. The molecule has 0 unspecified atom stereocenters. The first-order valence-corrected chi connectivity index (χ1v) is 5.60. The summed E-state index contributed by atoms with van der Waals surface area (Å²) in [5, 5.41) is 15.5. The monoisotopic (exact) mass is 254 g/mol. The molecule has 0 radical (unpaired) electrons. The SMILES string of the molecule is CC[C@H](C)n1ncc2c(Cl)c([N+](=O)[O-])cnc21. The second-order valence-corrected chi connectivity index (χ2v) is 4.18. The predicted octanol–water partition coefficient (Wildman–Crippen LogP) is 2.96. The first kappa shape index (κ1) is 11.8. The van der Waals surface area contributed by atoms with Crippen molar-refractivity contribution in [3.63, 3.8) is 0 Å². The van der Waals surface area contributed by atoms with Gasteiger partial charge < -0.3 is 0 Å². The second kappa shape index (κ2) is 4.29. The first-order valence-electron chi connectivity index (χ1n) is 5.22. The summed E-state index contributed by atoms with van der Waals surface area (Å²) in [6.45, 7) is 4.04. The molecule has 2 heterocycles. The van der Waals surface area contributed by atoms with E-state index < -0.39 is 4.92 Å². The standard InChI is InChI=1S/C10H11ClN4O2/c1-3-6(2)14-10-7(4-13-14)9(11)8(5-12-10)15(16)17/h4-6H,3H2,1-2H3/t6-/m0/s1. The third-order valence-electron chi connectivity index (χ3n) is 2.74. The molecule has 0 amide bonds. The van der Waals surface area contributed by atoms with Crippen LogP contribution in [0.3, 0.4) is 0 Å². The van der Waals surface area contributed by atoms with Gasteiger partial charge in [-0.15, -0.1) is 0 Å². The largest absolute Gasteiger partial charge is 0.306 e. The molecule has 90 valence electrons. The fraction of sp³-hybridized carbons (Fsp3) is 0.400. The average Bonchev–Trinajstić information content (AvgIpc) is 2.72. The molecule has 0 fully saturated rings. The lowest BCUT2D eigenvalue weighted by Gasteiger charge is -2.09. The Bertz CT molecular complexity index is 581. The lowest BCUT2D eigenvalue weighted by molar-refractivity contribution is -0.384. The van der Waals surface area contributed by atoms with Crippen molar-refractivity contribution < 1.29 is 4.92 Å².